The third kappa shape index (κ3) is 1.20. The van der Waals surface area contributed by atoms with Crippen molar-refractivity contribution in [2.24, 2.45) is 0 Å². The Morgan fingerprint density at radius 2 is 2.42 bits per heavy atom. The highest BCUT2D eigenvalue weighted by Crippen LogP contribution is 2.17. The molecule has 0 amide bonds. The van der Waals surface area contributed by atoms with Gasteiger partial charge < -0.3 is 4.42 Å². The Hall–Kier alpha value is -1.31. The van der Waals surface area contributed by atoms with E-state index in [4.69, 9.17) is 4.42 Å². The van der Waals surface area contributed by atoms with E-state index in [0.29, 0.717) is 0 Å². The molecule has 0 atom stereocenters. The quantitative estimate of drug-likeness (QED) is 0.632. The van der Waals surface area contributed by atoms with E-state index >= 15 is 0 Å². The van der Waals surface area contributed by atoms with E-state index in [1.807, 2.05) is 6.08 Å². The van der Waals surface area contributed by atoms with Crippen molar-refractivity contribution < 1.29 is 4.42 Å². The molecule has 1 heterocycles. The van der Waals surface area contributed by atoms with Gasteiger partial charge in [0.1, 0.15) is 0 Å². The maximum Gasteiger partial charge on any atom is 0.181 e. The molecule has 2 heteroatoms. The van der Waals surface area contributed by atoms with E-state index in [9.17, 15) is 0 Å². The smallest absolute Gasteiger partial charge is 0.181 e. The van der Waals surface area contributed by atoms with Gasteiger partial charge in [0.15, 0.2) is 12.2 Å². The van der Waals surface area contributed by atoms with Gasteiger partial charge in [-0.1, -0.05) is 24.6 Å². The maximum absolute atomic E-state index is 5.20. The summed E-state index contributed by atoms with van der Waals surface area (Å²) in [6, 6.07) is 0. The number of rotatable bonds is 1. The number of allylic oxidation sites excluding steroid dienone is 3. The molecule has 0 aliphatic heterocycles. The molecule has 0 radical (unpaired) electrons. The number of hydrogen-bond donors (Lipinski definition) is 0. The molecule has 1 aliphatic rings. The third-order valence-corrected chi connectivity index (χ3v) is 2.09. The molecule has 0 fully saturated rings. The van der Waals surface area contributed by atoms with Gasteiger partial charge in [0.2, 0.25) is 0 Å². The standard InChI is InChI=1S/C10H11NO/c1-2-8-3-5-9-10(6-4-8)12-7-11-9/h3-4,6-7H,2,5H2,1H3. The zero-order valence-electron chi connectivity index (χ0n) is 7.08. The van der Waals surface area contributed by atoms with Gasteiger partial charge in [0, 0.05) is 6.42 Å². The summed E-state index contributed by atoms with van der Waals surface area (Å²) >= 11 is 0. The Morgan fingerprint density at radius 3 is 3.25 bits per heavy atom. The van der Waals surface area contributed by atoms with Crippen LogP contribution in [0.15, 0.2) is 28.5 Å². The highest BCUT2D eigenvalue weighted by atomic mass is 16.3. The van der Waals surface area contributed by atoms with Crippen LogP contribution in [0.3, 0.4) is 0 Å². The van der Waals surface area contributed by atoms with E-state index in [1.165, 1.54) is 12.0 Å². The highest BCUT2D eigenvalue weighted by Gasteiger charge is 2.06. The second-order valence-electron chi connectivity index (χ2n) is 2.83. The van der Waals surface area contributed by atoms with E-state index < -0.39 is 0 Å². The number of nitrogens with zero attached hydrogens (tertiary/aromatic N) is 1. The lowest BCUT2D eigenvalue weighted by molar-refractivity contribution is 0.547. The molecule has 62 valence electrons. The monoisotopic (exact) mass is 161 g/mol. The topological polar surface area (TPSA) is 26.0 Å². The zero-order chi connectivity index (χ0) is 8.39. The summed E-state index contributed by atoms with van der Waals surface area (Å²) in [4.78, 5) is 4.12. The average molecular weight is 161 g/mol. The lowest BCUT2D eigenvalue weighted by Gasteiger charge is -1.91. The number of aromatic nitrogens is 1. The fourth-order valence-electron chi connectivity index (χ4n) is 1.31. The van der Waals surface area contributed by atoms with E-state index in [0.717, 1.165) is 24.3 Å². The Kier molecular flexibility index (Phi) is 1.82. The molecule has 0 bridgehead atoms. The van der Waals surface area contributed by atoms with Gasteiger partial charge in [0.05, 0.1) is 5.69 Å². The summed E-state index contributed by atoms with van der Waals surface area (Å²) in [6.45, 7) is 2.15. The minimum Gasteiger partial charge on any atom is -0.444 e. The van der Waals surface area contributed by atoms with Crippen LogP contribution in [-0.4, -0.2) is 4.98 Å². The van der Waals surface area contributed by atoms with Crippen molar-refractivity contribution in [2.45, 2.75) is 19.8 Å². The molecule has 2 rings (SSSR count). The third-order valence-electron chi connectivity index (χ3n) is 2.09. The van der Waals surface area contributed by atoms with Crippen molar-refractivity contribution >= 4 is 6.08 Å². The van der Waals surface area contributed by atoms with Crippen LogP contribution in [0.4, 0.5) is 0 Å². The predicted octanol–water partition coefficient (Wildman–Crippen LogP) is 2.58. The van der Waals surface area contributed by atoms with Gasteiger partial charge in [0.25, 0.3) is 0 Å². The molecule has 0 saturated carbocycles. The Bertz CT molecular complexity index is 333. The molecule has 0 saturated heterocycles. The average Bonchev–Trinajstić information content (AvgIpc) is 2.46. The largest absolute Gasteiger partial charge is 0.444 e. The molecular weight excluding hydrogens is 150 g/mol. The first-order valence-corrected chi connectivity index (χ1v) is 4.19. The summed E-state index contributed by atoms with van der Waals surface area (Å²) < 4.78 is 5.20. The molecule has 1 aliphatic carbocycles. The minimum atomic E-state index is 0.891. The maximum atomic E-state index is 5.20. The van der Waals surface area contributed by atoms with E-state index in [2.05, 4.69) is 24.1 Å². The lowest BCUT2D eigenvalue weighted by Crippen LogP contribution is -1.82. The van der Waals surface area contributed by atoms with Crippen molar-refractivity contribution in [3.05, 3.63) is 35.6 Å². The summed E-state index contributed by atoms with van der Waals surface area (Å²) in [6.07, 6.45) is 9.75. The Labute approximate surface area is 71.6 Å². The summed E-state index contributed by atoms with van der Waals surface area (Å²) in [5, 5.41) is 0. The van der Waals surface area contributed by atoms with Crippen LogP contribution in [-0.2, 0) is 6.42 Å². The van der Waals surface area contributed by atoms with Crippen molar-refractivity contribution in [1.82, 2.24) is 4.98 Å². The van der Waals surface area contributed by atoms with Gasteiger partial charge in [-0.2, -0.15) is 0 Å². The normalized spacial score (nSPS) is 15.2. The van der Waals surface area contributed by atoms with Gasteiger partial charge in [-0.3, -0.25) is 0 Å². The Morgan fingerprint density at radius 1 is 1.50 bits per heavy atom. The molecule has 1 aromatic heterocycles. The molecule has 12 heavy (non-hydrogen) atoms. The summed E-state index contributed by atoms with van der Waals surface area (Å²) in [5.74, 6) is 0.898. The molecule has 0 aromatic carbocycles. The first-order valence-electron chi connectivity index (χ1n) is 4.19. The number of fused-ring (bicyclic) bond motifs is 1. The van der Waals surface area contributed by atoms with Gasteiger partial charge >= 0.3 is 0 Å². The number of oxazole rings is 1. The number of hydrogen-bond acceptors (Lipinski definition) is 2. The molecule has 0 N–H and O–H groups in total. The van der Waals surface area contributed by atoms with Crippen molar-refractivity contribution in [1.29, 1.82) is 0 Å². The SMILES string of the molecule is CCC1=CCc2ncoc2C=C1. The van der Waals surface area contributed by atoms with Gasteiger partial charge in [-0.15, -0.1) is 0 Å². The van der Waals surface area contributed by atoms with Gasteiger partial charge in [-0.25, -0.2) is 4.98 Å². The molecule has 1 aromatic rings. The molecule has 2 nitrogen and oxygen atoms in total. The Balaban J connectivity index is 2.34. The molecule has 0 unspecified atom stereocenters. The first kappa shape index (κ1) is 7.35. The van der Waals surface area contributed by atoms with Crippen molar-refractivity contribution in [2.75, 3.05) is 0 Å². The second kappa shape index (κ2) is 2.97. The van der Waals surface area contributed by atoms with Crippen LogP contribution >= 0.6 is 0 Å². The van der Waals surface area contributed by atoms with Crippen molar-refractivity contribution in [3.63, 3.8) is 0 Å². The molecule has 0 spiro atoms. The fourth-order valence-corrected chi connectivity index (χ4v) is 1.31. The van der Waals surface area contributed by atoms with Crippen molar-refractivity contribution in [3.8, 4) is 0 Å². The lowest BCUT2D eigenvalue weighted by atomic mass is 10.2. The molecular formula is C10H11NO. The van der Waals surface area contributed by atoms with Crippen LogP contribution in [0.25, 0.3) is 6.08 Å². The highest BCUT2D eigenvalue weighted by molar-refractivity contribution is 5.52. The zero-order valence-corrected chi connectivity index (χ0v) is 7.08. The van der Waals surface area contributed by atoms with E-state index in [-0.39, 0.29) is 0 Å². The van der Waals surface area contributed by atoms with Crippen LogP contribution in [0.1, 0.15) is 24.8 Å². The summed E-state index contributed by atoms with van der Waals surface area (Å²) in [7, 11) is 0. The predicted molar refractivity (Wildman–Crippen MR) is 47.6 cm³/mol. The minimum absolute atomic E-state index is 0.891. The van der Waals surface area contributed by atoms with Crippen LogP contribution in [0.5, 0.6) is 0 Å². The van der Waals surface area contributed by atoms with Gasteiger partial charge in [-0.05, 0) is 12.5 Å². The van der Waals surface area contributed by atoms with Crippen LogP contribution < -0.4 is 0 Å². The van der Waals surface area contributed by atoms with E-state index in [1.54, 1.807) is 0 Å². The van der Waals surface area contributed by atoms with Crippen LogP contribution in [0, 0.1) is 0 Å². The van der Waals surface area contributed by atoms with Crippen LogP contribution in [0.2, 0.25) is 0 Å². The first-order chi connectivity index (χ1) is 5.90. The summed E-state index contributed by atoms with van der Waals surface area (Å²) in [5.41, 5.74) is 2.39. The fraction of sp³-hybridized carbons (Fsp3) is 0.300. The second-order valence-corrected chi connectivity index (χ2v) is 2.83.